The minimum atomic E-state index is -0.154. The van der Waals surface area contributed by atoms with E-state index in [0.29, 0.717) is 29.5 Å². The third-order valence-corrected chi connectivity index (χ3v) is 5.58. The van der Waals surface area contributed by atoms with Crippen LogP contribution in [0, 0.1) is 6.92 Å². The van der Waals surface area contributed by atoms with Gasteiger partial charge >= 0.3 is 0 Å². The molecule has 2 atom stereocenters. The normalized spacial score (nSPS) is 17.6. The summed E-state index contributed by atoms with van der Waals surface area (Å²) in [6.07, 6.45) is 3.49. The molecule has 0 spiro atoms. The fraction of sp³-hybridized carbons (Fsp3) is 0.368. The van der Waals surface area contributed by atoms with E-state index in [-0.39, 0.29) is 17.9 Å². The molecule has 4 rings (SSSR count). The minimum Gasteiger partial charge on any atom is -0.496 e. The molecule has 1 aliphatic heterocycles. The quantitative estimate of drug-likeness (QED) is 0.607. The topological polar surface area (TPSA) is 105 Å². The van der Waals surface area contributed by atoms with Crippen LogP contribution in [0.15, 0.2) is 18.7 Å². The van der Waals surface area contributed by atoms with Crippen LogP contribution in [0.25, 0.3) is 11.2 Å². The molecule has 0 radical (unpaired) electrons. The Morgan fingerprint density at radius 2 is 2.18 bits per heavy atom. The molecule has 9 heteroatoms. The van der Waals surface area contributed by atoms with Gasteiger partial charge in [-0.3, -0.25) is 4.79 Å². The number of carbonyl (C=O) groups is 1. The van der Waals surface area contributed by atoms with E-state index < -0.39 is 0 Å². The molecule has 0 aliphatic carbocycles. The Balaban J connectivity index is 1.75. The Bertz CT molecular complexity index is 1050. The van der Waals surface area contributed by atoms with Crippen molar-refractivity contribution in [1.82, 2.24) is 25.3 Å². The Labute approximate surface area is 167 Å². The number of aromatic nitrogens is 4. The van der Waals surface area contributed by atoms with E-state index in [1.807, 2.05) is 19.9 Å². The molecule has 2 aromatic heterocycles. The number of hydrogen-bond acceptors (Lipinski definition) is 6. The fourth-order valence-electron chi connectivity index (χ4n) is 3.77. The van der Waals surface area contributed by atoms with Crippen molar-refractivity contribution >= 4 is 34.5 Å². The van der Waals surface area contributed by atoms with Crippen molar-refractivity contribution in [2.75, 3.05) is 19.0 Å². The lowest BCUT2D eigenvalue weighted by Crippen LogP contribution is -2.15. The summed E-state index contributed by atoms with van der Waals surface area (Å²) in [6.45, 7) is 4.55. The number of H-pyrrole nitrogens is 1. The third kappa shape index (κ3) is 3.13. The van der Waals surface area contributed by atoms with Crippen molar-refractivity contribution in [2.24, 2.45) is 0 Å². The van der Waals surface area contributed by atoms with Crippen molar-refractivity contribution in [2.45, 2.75) is 32.2 Å². The van der Waals surface area contributed by atoms with Gasteiger partial charge in [-0.25, -0.2) is 15.0 Å². The number of halogens is 1. The zero-order chi connectivity index (χ0) is 19.8. The molecule has 1 amide bonds. The second kappa shape index (κ2) is 7.27. The van der Waals surface area contributed by atoms with Crippen LogP contribution in [0.1, 0.15) is 42.0 Å². The van der Waals surface area contributed by atoms with Crippen LogP contribution in [-0.4, -0.2) is 39.5 Å². The number of ether oxygens (including phenoxy) is 1. The fourth-order valence-corrected chi connectivity index (χ4v) is 3.99. The number of carbonyl (C=O) groups excluding carboxylic acids is 1. The van der Waals surface area contributed by atoms with Gasteiger partial charge in [0.05, 0.1) is 19.5 Å². The summed E-state index contributed by atoms with van der Waals surface area (Å²) in [4.78, 5) is 27.4. The van der Waals surface area contributed by atoms with Gasteiger partial charge in [0.2, 0.25) is 5.91 Å². The number of imidazole rings is 1. The van der Waals surface area contributed by atoms with Crippen molar-refractivity contribution in [3.05, 3.63) is 40.4 Å². The SMILES string of the molecule is COc1c(C(C)Nc2ncnc3nc[nH]c23)cc(Cl)c(C)c1C1CNC(=O)C1. The van der Waals surface area contributed by atoms with E-state index in [2.05, 4.69) is 30.6 Å². The van der Waals surface area contributed by atoms with Gasteiger partial charge < -0.3 is 20.4 Å². The molecular formula is C19H21ClN6O2. The Kier molecular flexibility index (Phi) is 4.80. The molecule has 8 nitrogen and oxygen atoms in total. The van der Waals surface area contributed by atoms with Crippen LogP contribution < -0.4 is 15.4 Å². The molecule has 3 heterocycles. The lowest BCUT2D eigenvalue weighted by Gasteiger charge is -2.24. The van der Waals surface area contributed by atoms with Gasteiger partial charge in [0.1, 0.15) is 17.6 Å². The highest BCUT2D eigenvalue weighted by molar-refractivity contribution is 6.31. The molecule has 146 valence electrons. The maximum atomic E-state index is 11.8. The number of amides is 1. The van der Waals surface area contributed by atoms with E-state index in [9.17, 15) is 4.79 Å². The lowest BCUT2D eigenvalue weighted by atomic mass is 9.89. The van der Waals surface area contributed by atoms with Crippen molar-refractivity contribution in [3.8, 4) is 5.75 Å². The maximum absolute atomic E-state index is 11.8. The predicted octanol–water partition coefficient (Wildman–Crippen LogP) is 3.10. The number of aromatic amines is 1. The van der Waals surface area contributed by atoms with Crippen molar-refractivity contribution < 1.29 is 9.53 Å². The van der Waals surface area contributed by atoms with E-state index in [1.165, 1.54) is 6.33 Å². The highest BCUT2D eigenvalue weighted by Gasteiger charge is 2.30. The zero-order valence-electron chi connectivity index (χ0n) is 15.8. The zero-order valence-corrected chi connectivity index (χ0v) is 16.6. The van der Waals surface area contributed by atoms with E-state index in [4.69, 9.17) is 16.3 Å². The van der Waals surface area contributed by atoms with Gasteiger partial charge in [-0.1, -0.05) is 11.6 Å². The molecule has 1 fully saturated rings. The standard InChI is InChI=1S/C19H21ClN6O2/c1-9-13(20)5-12(17(28-3)15(9)11-4-14(27)21-6-11)10(2)26-19-16-18(23-7-22-16)24-8-25-19/h5,7-8,10-11H,4,6H2,1-3H3,(H,21,27)(H2,22,23,24,25,26). The van der Waals surface area contributed by atoms with Crippen LogP contribution in [0.2, 0.25) is 5.02 Å². The molecule has 2 unspecified atom stereocenters. The molecular weight excluding hydrogens is 380 g/mol. The first-order chi connectivity index (χ1) is 13.5. The summed E-state index contributed by atoms with van der Waals surface area (Å²) >= 11 is 6.56. The molecule has 1 aliphatic rings. The summed E-state index contributed by atoms with van der Waals surface area (Å²) in [5, 5.41) is 6.93. The molecule has 28 heavy (non-hydrogen) atoms. The van der Waals surface area contributed by atoms with Gasteiger partial charge in [-0.15, -0.1) is 0 Å². The molecule has 3 aromatic rings. The number of benzene rings is 1. The highest BCUT2D eigenvalue weighted by atomic mass is 35.5. The van der Waals surface area contributed by atoms with E-state index >= 15 is 0 Å². The number of methoxy groups -OCH3 is 1. The summed E-state index contributed by atoms with van der Waals surface area (Å²) < 4.78 is 5.80. The van der Waals surface area contributed by atoms with Crippen LogP contribution in [0.5, 0.6) is 5.75 Å². The number of nitrogens with one attached hydrogen (secondary N) is 3. The van der Waals surface area contributed by atoms with Crippen molar-refractivity contribution in [3.63, 3.8) is 0 Å². The third-order valence-electron chi connectivity index (χ3n) is 5.18. The van der Waals surface area contributed by atoms with Gasteiger partial charge in [-0.05, 0) is 25.5 Å². The average Bonchev–Trinajstić information content (AvgIpc) is 3.32. The maximum Gasteiger partial charge on any atom is 0.220 e. The first kappa shape index (κ1) is 18.5. The average molecular weight is 401 g/mol. The summed E-state index contributed by atoms with van der Waals surface area (Å²) in [6, 6.07) is 1.75. The van der Waals surface area contributed by atoms with Crippen LogP contribution in [0.4, 0.5) is 5.82 Å². The smallest absolute Gasteiger partial charge is 0.220 e. The van der Waals surface area contributed by atoms with E-state index in [0.717, 1.165) is 28.0 Å². The number of nitrogens with zero attached hydrogens (tertiary/aromatic N) is 3. The van der Waals surface area contributed by atoms with Gasteiger partial charge in [0.25, 0.3) is 0 Å². The Morgan fingerprint density at radius 3 is 2.89 bits per heavy atom. The minimum absolute atomic E-state index is 0.0328. The molecule has 1 aromatic carbocycles. The number of rotatable bonds is 5. The van der Waals surface area contributed by atoms with Crippen molar-refractivity contribution in [1.29, 1.82) is 0 Å². The first-order valence-corrected chi connectivity index (χ1v) is 9.41. The monoisotopic (exact) mass is 400 g/mol. The number of fused-ring (bicyclic) bond motifs is 1. The van der Waals surface area contributed by atoms with E-state index in [1.54, 1.807) is 13.4 Å². The largest absolute Gasteiger partial charge is 0.496 e. The number of anilines is 1. The van der Waals surface area contributed by atoms with Gasteiger partial charge in [0, 0.05) is 35.0 Å². The van der Waals surface area contributed by atoms with Gasteiger partial charge in [-0.2, -0.15) is 0 Å². The lowest BCUT2D eigenvalue weighted by molar-refractivity contribution is -0.119. The predicted molar refractivity (Wildman–Crippen MR) is 107 cm³/mol. The van der Waals surface area contributed by atoms with Crippen LogP contribution in [0.3, 0.4) is 0 Å². The highest BCUT2D eigenvalue weighted by Crippen LogP contribution is 2.42. The summed E-state index contributed by atoms with van der Waals surface area (Å²) in [5.74, 6) is 1.47. The second-order valence-corrected chi connectivity index (χ2v) is 7.32. The Hall–Kier alpha value is -2.87. The molecule has 0 saturated carbocycles. The van der Waals surface area contributed by atoms with Gasteiger partial charge in [0.15, 0.2) is 11.5 Å². The molecule has 0 bridgehead atoms. The second-order valence-electron chi connectivity index (χ2n) is 6.91. The van der Waals surface area contributed by atoms with Crippen LogP contribution in [-0.2, 0) is 4.79 Å². The number of hydrogen-bond donors (Lipinski definition) is 3. The van der Waals surface area contributed by atoms with Crippen LogP contribution >= 0.6 is 11.6 Å². The molecule has 3 N–H and O–H groups in total. The summed E-state index contributed by atoms with van der Waals surface area (Å²) in [5.41, 5.74) is 4.14. The summed E-state index contributed by atoms with van der Waals surface area (Å²) in [7, 11) is 1.64. The first-order valence-electron chi connectivity index (χ1n) is 9.03. The Morgan fingerprint density at radius 1 is 1.36 bits per heavy atom. The molecule has 1 saturated heterocycles.